The molecule has 0 fully saturated rings. The first kappa shape index (κ1) is 33.1. The van der Waals surface area contributed by atoms with Crippen LogP contribution >= 0.6 is 0 Å². The van der Waals surface area contributed by atoms with Crippen LogP contribution in [0.4, 0.5) is 22.7 Å². The van der Waals surface area contributed by atoms with Gasteiger partial charge in [0.2, 0.25) is 5.91 Å². The van der Waals surface area contributed by atoms with Crippen molar-refractivity contribution < 1.29 is 24.0 Å². The molecule has 16 heteroatoms. The number of hydrogen-bond donors (Lipinski definition) is 5. The maximum atomic E-state index is 13.1. The Hall–Kier alpha value is -6.32. The summed E-state index contributed by atoms with van der Waals surface area (Å²) in [4.78, 5) is 67.8. The number of imidazole rings is 1. The van der Waals surface area contributed by atoms with Crippen LogP contribution in [0.15, 0.2) is 61.4 Å². The van der Waals surface area contributed by atoms with Crippen LogP contribution in [0.2, 0.25) is 0 Å². The van der Waals surface area contributed by atoms with Gasteiger partial charge in [-0.25, -0.2) is 4.98 Å². The van der Waals surface area contributed by atoms with E-state index in [1.807, 2.05) is 30.8 Å². The number of nitrogens with one attached hydrogen (secondary N) is 5. The molecule has 0 aliphatic carbocycles. The summed E-state index contributed by atoms with van der Waals surface area (Å²) in [5.74, 6) is -1.71. The molecule has 16 nitrogen and oxygen atoms in total. The number of anilines is 4. The quantitative estimate of drug-likeness (QED) is 0.146. The standard InChI is InChI=1S/C32H37N11O5/c1-19-11-20(15-40(19)3)35-27(44)7-8-34-29(45)24-12-21(16-41(24)4)36-30(46)25-13-22(17-42(25)5)37-31(47)26-14-23(18-43(26)6)38-32(48)28-33-9-10-39(28)2/h9-18H,7-8H2,1-6H3,(H,34,45)(H,35,44)(H,36,46)(H,37,47)(H,38,48). The second-order valence-electron chi connectivity index (χ2n) is 11.4. The zero-order valence-electron chi connectivity index (χ0n) is 27.4. The fraction of sp³-hybridized carbons (Fsp3) is 0.250. The van der Waals surface area contributed by atoms with E-state index in [0.717, 1.165) is 5.69 Å². The highest BCUT2D eigenvalue weighted by atomic mass is 16.2. The minimum atomic E-state index is -0.457. The Kier molecular flexibility index (Phi) is 9.35. The summed E-state index contributed by atoms with van der Waals surface area (Å²) in [6.45, 7) is 2.06. The van der Waals surface area contributed by atoms with E-state index in [9.17, 15) is 24.0 Å². The SMILES string of the molecule is Cc1cc(NC(=O)CCNC(=O)c2cc(NC(=O)c3cc(NC(=O)c4cc(NC(=O)c5nccn5C)cn4C)cn3C)cn2C)cn1C. The van der Waals surface area contributed by atoms with Gasteiger partial charge in [-0.05, 0) is 31.2 Å². The monoisotopic (exact) mass is 655 g/mol. The smallest absolute Gasteiger partial charge is 0.291 e. The lowest BCUT2D eigenvalue weighted by atomic mass is 10.3. The fourth-order valence-electron chi connectivity index (χ4n) is 5.08. The van der Waals surface area contributed by atoms with E-state index in [1.54, 1.807) is 71.2 Å². The van der Waals surface area contributed by atoms with E-state index in [4.69, 9.17) is 0 Å². The van der Waals surface area contributed by atoms with Crippen LogP contribution in [-0.2, 0) is 40.0 Å². The Bertz CT molecular complexity index is 2020. The van der Waals surface area contributed by atoms with Crippen LogP contribution < -0.4 is 26.6 Å². The average molecular weight is 656 g/mol. The molecule has 0 aromatic carbocycles. The van der Waals surface area contributed by atoms with Gasteiger partial charge in [0.15, 0.2) is 5.82 Å². The fourth-order valence-corrected chi connectivity index (χ4v) is 5.08. The van der Waals surface area contributed by atoms with E-state index in [0.29, 0.717) is 28.4 Å². The molecule has 5 aromatic rings. The molecule has 5 N–H and O–H groups in total. The summed E-state index contributed by atoms with van der Waals surface area (Å²) < 4.78 is 8.19. The Morgan fingerprint density at radius 3 is 1.50 bits per heavy atom. The molecule has 0 unspecified atom stereocenters. The summed E-state index contributed by atoms with van der Waals surface area (Å²) >= 11 is 0. The molecule has 0 saturated carbocycles. The number of aryl methyl sites for hydroxylation is 6. The molecule has 0 radical (unpaired) electrons. The third-order valence-corrected chi connectivity index (χ3v) is 7.69. The highest BCUT2D eigenvalue weighted by Gasteiger charge is 2.20. The third kappa shape index (κ3) is 7.38. The maximum absolute atomic E-state index is 13.1. The summed E-state index contributed by atoms with van der Waals surface area (Å²) in [5, 5.41) is 13.8. The first-order chi connectivity index (χ1) is 22.8. The molecule has 5 heterocycles. The number of hydrogen-bond acceptors (Lipinski definition) is 6. The molecular weight excluding hydrogens is 618 g/mol. The van der Waals surface area contributed by atoms with Crippen LogP contribution in [0.3, 0.4) is 0 Å². The van der Waals surface area contributed by atoms with Gasteiger partial charge < -0.3 is 49.4 Å². The van der Waals surface area contributed by atoms with E-state index in [-0.39, 0.29) is 36.1 Å². The first-order valence-electron chi connectivity index (χ1n) is 14.9. The molecule has 0 spiro atoms. The van der Waals surface area contributed by atoms with E-state index in [2.05, 4.69) is 31.6 Å². The second kappa shape index (κ2) is 13.6. The lowest BCUT2D eigenvalue weighted by Crippen LogP contribution is -2.28. The van der Waals surface area contributed by atoms with Gasteiger partial charge in [-0.15, -0.1) is 0 Å². The van der Waals surface area contributed by atoms with E-state index >= 15 is 0 Å². The van der Waals surface area contributed by atoms with Gasteiger partial charge in [0.05, 0.1) is 22.7 Å². The Morgan fingerprint density at radius 1 is 0.583 bits per heavy atom. The van der Waals surface area contributed by atoms with Gasteiger partial charge in [-0.2, -0.15) is 0 Å². The highest BCUT2D eigenvalue weighted by Crippen LogP contribution is 2.20. The number of carbonyl (C=O) groups is 5. The van der Waals surface area contributed by atoms with Crippen molar-refractivity contribution in [3.8, 4) is 0 Å². The minimum absolute atomic E-state index is 0.0910. The Morgan fingerprint density at radius 2 is 1.04 bits per heavy atom. The van der Waals surface area contributed by atoms with Crippen molar-refractivity contribution in [3.63, 3.8) is 0 Å². The van der Waals surface area contributed by atoms with Crippen molar-refractivity contribution in [3.05, 3.63) is 90.0 Å². The van der Waals surface area contributed by atoms with Crippen LogP contribution in [0, 0.1) is 6.92 Å². The lowest BCUT2D eigenvalue weighted by Gasteiger charge is -2.06. The molecule has 0 aliphatic rings. The summed E-state index contributed by atoms with van der Waals surface area (Å²) in [6.07, 6.45) is 9.88. The molecule has 5 aromatic heterocycles. The normalized spacial score (nSPS) is 10.9. The van der Waals surface area contributed by atoms with E-state index in [1.165, 1.54) is 24.4 Å². The van der Waals surface area contributed by atoms with Gasteiger partial charge in [0.25, 0.3) is 23.6 Å². The predicted octanol–water partition coefficient (Wildman–Crippen LogP) is 2.60. The van der Waals surface area contributed by atoms with Gasteiger partial charge >= 0.3 is 0 Å². The Labute approximate surface area is 275 Å². The molecule has 0 bridgehead atoms. The van der Waals surface area contributed by atoms with Crippen molar-refractivity contribution >= 4 is 52.3 Å². The van der Waals surface area contributed by atoms with Crippen molar-refractivity contribution in [2.75, 3.05) is 27.8 Å². The molecule has 48 heavy (non-hydrogen) atoms. The van der Waals surface area contributed by atoms with Crippen molar-refractivity contribution in [2.24, 2.45) is 35.2 Å². The van der Waals surface area contributed by atoms with Crippen LogP contribution in [0.1, 0.15) is 54.2 Å². The zero-order chi connectivity index (χ0) is 34.7. The number of rotatable bonds is 11. The number of amides is 5. The van der Waals surface area contributed by atoms with Gasteiger partial charge in [0.1, 0.15) is 17.1 Å². The summed E-state index contributed by atoms with van der Waals surface area (Å²) in [5.41, 5.74) is 3.72. The number of nitrogens with zero attached hydrogens (tertiary/aromatic N) is 6. The molecule has 5 rings (SSSR count). The van der Waals surface area contributed by atoms with E-state index < -0.39 is 23.6 Å². The number of aromatic nitrogens is 6. The minimum Gasteiger partial charge on any atom is -0.353 e. The van der Waals surface area contributed by atoms with Gasteiger partial charge in [-0.1, -0.05) is 0 Å². The van der Waals surface area contributed by atoms with Crippen molar-refractivity contribution in [1.29, 1.82) is 0 Å². The lowest BCUT2D eigenvalue weighted by molar-refractivity contribution is -0.116. The van der Waals surface area contributed by atoms with Gasteiger partial charge in [-0.3, -0.25) is 24.0 Å². The molecule has 5 amide bonds. The summed E-state index contributed by atoms with van der Waals surface area (Å²) in [7, 11) is 8.60. The molecule has 0 saturated heterocycles. The largest absolute Gasteiger partial charge is 0.353 e. The Balaban J connectivity index is 1.14. The van der Waals surface area contributed by atoms with Gasteiger partial charge in [0, 0.05) is 91.1 Å². The van der Waals surface area contributed by atoms with Crippen molar-refractivity contribution in [1.82, 2.24) is 33.1 Å². The molecular formula is C32H37N11O5. The average Bonchev–Trinajstić information content (AvgIpc) is 3.83. The second-order valence-corrected chi connectivity index (χ2v) is 11.4. The summed E-state index contributed by atoms with van der Waals surface area (Å²) in [6, 6.07) is 6.46. The highest BCUT2D eigenvalue weighted by molar-refractivity contribution is 6.08. The molecule has 0 atom stereocenters. The topological polar surface area (TPSA) is 183 Å². The third-order valence-electron chi connectivity index (χ3n) is 7.69. The predicted molar refractivity (Wildman–Crippen MR) is 179 cm³/mol. The molecule has 0 aliphatic heterocycles. The maximum Gasteiger partial charge on any atom is 0.291 e. The number of carbonyl (C=O) groups excluding carboxylic acids is 5. The first-order valence-corrected chi connectivity index (χ1v) is 14.9. The van der Waals surface area contributed by atoms with Crippen LogP contribution in [0.25, 0.3) is 0 Å². The molecule has 250 valence electrons. The van der Waals surface area contributed by atoms with Crippen LogP contribution in [-0.4, -0.2) is 63.9 Å². The van der Waals surface area contributed by atoms with Crippen LogP contribution in [0.5, 0.6) is 0 Å². The zero-order valence-corrected chi connectivity index (χ0v) is 27.4. The van der Waals surface area contributed by atoms with Crippen molar-refractivity contribution in [2.45, 2.75) is 13.3 Å².